The fraction of sp³-hybridized carbons (Fsp3) is 0.556. The lowest BCUT2D eigenvalue weighted by Crippen LogP contribution is -2.32. The Balaban J connectivity index is 2.38. The first-order chi connectivity index (χ1) is 6.13. The van der Waals surface area contributed by atoms with Gasteiger partial charge in [-0.1, -0.05) is 0 Å². The molecule has 1 fully saturated rings. The molecular formula is C9H11NO3. The Morgan fingerprint density at radius 1 is 1.46 bits per heavy atom. The second kappa shape index (κ2) is 3.94. The molecule has 1 aliphatic rings. The van der Waals surface area contributed by atoms with Crippen LogP contribution < -0.4 is 5.32 Å². The molecule has 0 saturated heterocycles. The highest BCUT2D eigenvalue weighted by molar-refractivity contribution is 5.93. The van der Waals surface area contributed by atoms with Gasteiger partial charge in [0.25, 0.3) is 5.91 Å². The van der Waals surface area contributed by atoms with Gasteiger partial charge in [0.2, 0.25) is 0 Å². The molecule has 13 heavy (non-hydrogen) atoms. The maximum Gasteiger partial charge on any atom is 0.306 e. The highest BCUT2D eigenvalue weighted by atomic mass is 16.4. The third-order valence-electron chi connectivity index (χ3n) is 2.25. The van der Waals surface area contributed by atoms with E-state index in [0.29, 0.717) is 19.3 Å². The minimum atomic E-state index is -0.794. The average molecular weight is 181 g/mol. The Bertz CT molecular complexity index is 267. The van der Waals surface area contributed by atoms with E-state index in [1.807, 2.05) is 5.92 Å². The van der Waals surface area contributed by atoms with E-state index in [2.05, 4.69) is 5.32 Å². The van der Waals surface area contributed by atoms with Crippen molar-refractivity contribution in [3.8, 4) is 12.3 Å². The fourth-order valence-electron chi connectivity index (χ4n) is 1.56. The Morgan fingerprint density at radius 3 is 2.62 bits per heavy atom. The summed E-state index contributed by atoms with van der Waals surface area (Å²) < 4.78 is 0. The lowest BCUT2D eigenvalue weighted by Gasteiger charge is -2.08. The number of carboxylic acid groups (broad SMARTS) is 1. The molecule has 1 rings (SSSR count). The van der Waals surface area contributed by atoms with Crippen molar-refractivity contribution in [2.24, 2.45) is 5.92 Å². The number of hydrogen-bond donors (Lipinski definition) is 2. The molecule has 1 aliphatic carbocycles. The Labute approximate surface area is 76.3 Å². The number of carbonyl (C=O) groups excluding carboxylic acids is 1. The second-order valence-electron chi connectivity index (χ2n) is 3.16. The summed E-state index contributed by atoms with van der Waals surface area (Å²) in [7, 11) is 0. The van der Waals surface area contributed by atoms with Crippen LogP contribution >= 0.6 is 0 Å². The number of amides is 1. The van der Waals surface area contributed by atoms with Crippen molar-refractivity contribution in [1.29, 1.82) is 0 Å². The molecule has 1 saturated carbocycles. The van der Waals surface area contributed by atoms with Gasteiger partial charge in [-0.15, -0.1) is 6.42 Å². The van der Waals surface area contributed by atoms with E-state index in [4.69, 9.17) is 11.5 Å². The van der Waals surface area contributed by atoms with E-state index in [1.165, 1.54) is 0 Å². The number of carbonyl (C=O) groups is 2. The molecule has 2 unspecified atom stereocenters. The lowest BCUT2D eigenvalue weighted by atomic mass is 10.1. The number of nitrogens with one attached hydrogen (secondary N) is 1. The zero-order valence-corrected chi connectivity index (χ0v) is 7.12. The van der Waals surface area contributed by atoms with Gasteiger partial charge in [0, 0.05) is 6.04 Å². The third-order valence-corrected chi connectivity index (χ3v) is 2.25. The second-order valence-corrected chi connectivity index (χ2v) is 3.16. The first kappa shape index (κ1) is 9.59. The number of rotatable bonds is 2. The molecule has 4 nitrogen and oxygen atoms in total. The van der Waals surface area contributed by atoms with Gasteiger partial charge in [-0.05, 0) is 25.2 Å². The summed E-state index contributed by atoms with van der Waals surface area (Å²) in [6.45, 7) is 0. The zero-order chi connectivity index (χ0) is 9.84. The standard InChI is InChI=1S/C9H11NO3/c1-2-8(11)10-7-4-3-6(5-7)9(12)13/h1,6-7H,3-5H2,(H,10,11)(H,12,13). The molecular weight excluding hydrogens is 170 g/mol. The van der Waals surface area contributed by atoms with Crippen LogP contribution in [0.5, 0.6) is 0 Å². The molecule has 4 heteroatoms. The molecule has 70 valence electrons. The molecule has 0 spiro atoms. The van der Waals surface area contributed by atoms with Gasteiger partial charge in [0.15, 0.2) is 0 Å². The Kier molecular flexibility index (Phi) is 2.91. The molecule has 0 aromatic heterocycles. The Hall–Kier alpha value is -1.50. The first-order valence-electron chi connectivity index (χ1n) is 4.13. The van der Waals surface area contributed by atoms with Crippen LogP contribution in [0.2, 0.25) is 0 Å². The van der Waals surface area contributed by atoms with E-state index in [-0.39, 0.29) is 12.0 Å². The van der Waals surface area contributed by atoms with Crippen molar-refractivity contribution in [2.75, 3.05) is 0 Å². The summed E-state index contributed by atoms with van der Waals surface area (Å²) in [6, 6.07) is -0.0651. The van der Waals surface area contributed by atoms with Crippen molar-refractivity contribution < 1.29 is 14.7 Å². The highest BCUT2D eigenvalue weighted by Gasteiger charge is 2.30. The maximum absolute atomic E-state index is 10.7. The number of aliphatic carboxylic acids is 1. The van der Waals surface area contributed by atoms with Crippen LogP contribution in [0.3, 0.4) is 0 Å². The van der Waals surface area contributed by atoms with Gasteiger partial charge < -0.3 is 10.4 Å². The molecule has 0 radical (unpaired) electrons. The van der Waals surface area contributed by atoms with E-state index in [0.717, 1.165) is 0 Å². The average Bonchev–Trinajstić information content (AvgIpc) is 2.52. The third kappa shape index (κ3) is 2.48. The minimum absolute atomic E-state index is 0.0651. The smallest absolute Gasteiger partial charge is 0.306 e. The summed E-state index contributed by atoms with van der Waals surface area (Å²) in [4.78, 5) is 21.3. The number of carboxylic acids is 1. The summed E-state index contributed by atoms with van der Waals surface area (Å²) in [5.41, 5.74) is 0. The van der Waals surface area contributed by atoms with Gasteiger partial charge in [0.05, 0.1) is 5.92 Å². The summed E-state index contributed by atoms with van der Waals surface area (Å²) in [5, 5.41) is 11.2. The quantitative estimate of drug-likeness (QED) is 0.589. The molecule has 2 atom stereocenters. The topological polar surface area (TPSA) is 66.4 Å². The molecule has 0 heterocycles. The summed E-state index contributed by atoms with van der Waals surface area (Å²) in [6.07, 6.45) is 6.67. The van der Waals surface area contributed by atoms with Gasteiger partial charge in [-0.3, -0.25) is 9.59 Å². The lowest BCUT2D eigenvalue weighted by molar-refractivity contribution is -0.141. The maximum atomic E-state index is 10.7. The van der Waals surface area contributed by atoms with E-state index >= 15 is 0 Å². The van der Waals surface area contributed by atoms with Crippen LogP contribution in [-0.2, 0) is 9.59 Å². The van der Waals surface area contributed by atoms with Gasteiger partial charge in [0.1, 0.15) is 0 Å². The SMILES string of the molecule is C#CC(=O)NC1CCC(C(=O)O)C1. The predicted octanol–water partition coefficient (Wildman–Crippen LogP) is -0.0109. The molecule has 0 aromatic carbocycles. The molecule has 2 N–H and O–H groups in total. The van der Waals surface area contributed by atoms with Crippen LogP contribution in [0, 0.1) is 18.3 Å². The van der Waals surface area contributed by atoms with Crippen molar-refractivity contribution >= 4 is 11.9 Å². The first-order valence-corrected chi connectivity index (χ1v) is 4.13. The van der Waals surface area contributed by atoms with E-state index in [1.54, 1.807) is 0 Å². The van der Waals surface area contributed by atoms with Crippen LogP contribution in [0.1, 0.15) is 19.3 Å². The van der Waals surface area contributed by atoms with Crippen molar-refractivity contribution in [3.63, 3.8) is 0 Å². The molecule has 1 amide bonds. The molecule has 0 aromatic rings. The van der Waals surface area contributed by atoms with Crippen LogP contribution in [0.25, 0.3) is 0 Å². The molecule has 0 aliphatic heterocycles. The van der Waals surface area contributed by atoms with Crippen molar-refractivity contribution in [3.05, 3.63) is 0 Å². The minimum Gasteiger partial charge on any atom is -0.481 e. The van der Waals surface area contributed by atoms with Crippen LogP contribution in [-0.4, -0.2) is 23.0 Å². The number of terminal acetylenes is 1. The van der Waals surface area contributed by atoms with E-state index < -0.39 is 11.9 Å². The molecule has 0 bridgehead atoms. The van der Waals surface area contributed by atoms with Crippen LogP contribution in [0.15, 0.2) is 0 Å². The predicted molar refractivity (Wildman–Crippen MR) is 45.7 cm³/mol. The zero-order valence-electron chi connectivity index (χ0n) is 7.12. The van der Waals surface area contributed by atoms with E-state index in [9.17, 15) is 9.59 Å². The highest BCUT2D eigenvalue weighted by Crippen LogP contribution is 2.25. The Morgan fingerprint density at radius 2 is 2.15 bits per heavy atom. The van der Waals surface area contributed by atoms with Gasteiger partial charge in [-0.2, -0.15) is 0 Å². The normalized spacial score (nSPS) is 26.4. The monoisotopic (exact) mass is 181 g/mol. The fourth-order valence-corrected chi connectivity index (χ4v) is 1.56. The van der Waals surface area contributed by atoms with Crippen molar-refractivity contribution in [2.45, 2.75) is 25.3 Å². The summed E-state index contributed by atoms with van der Waals surface area (Å²) >= 11 is 0. The largest absolute Gasteiger partial charge is 0.481 e. The van der Waals surface area contributed by atoms with Crippen LogP contribution in [0.4, 0.5) is 0 Å². The van der Waals surface area contributed by atoms with Gasteiger partial charge in [-0.25, -0.2) is 0 Å². The van der Waals surface area contributed by atoms with Gasteiger partial charge >= 0.3 is 5.97 Å². The number of hydrogen-bond acceptors (Lipinski definition) is 2. The van der Waals surface area contributed by atoms with Crippen molar-refractivity contribution in [1.82, 2.24) is 5.32 Å². The summed E-state index contributed by atoms with van der Waals surface area (Å²) in [5.74, 6) is 0.352.